The molecule has 1 rings (SSSR count). The number of halogens is 1. The number of anilines is 1. The summed E-state index contributed by atoms with van der Waals surface area (Å²) in [5.74, 6) is -2.07. The summed E-state index contributed by atoms with van der Waals surface area (Å²) < 4.78 is -0.00651. The maximum absolute atomic E-state index is 12.7. The second kappa shape index (κ2) is 7.61. The van der Waals surface area contributed by atoms with E-state index < -0.39 is 29.4 Å². The molecule has 1 unspecified atom stereocenters. The Balaban J connectivity index is 3.40. The molecule has 0 aromatic heterocycles. The van der Waals surface area contributed by atoms with Crippen molar-refractivity contribution in [3.05, 3.63) is 29.8 Å². The lowest BCUT2D eigenvalue weighted by Gasteiger charge is -2.30. The number of carbonyl (C=O) groups is 3. The van der Waals surface area contributed by atoms with Crippen LogP contribution in [0.4, 0.5) is 5.69 Å². The Morgan fingerprint density at radius 2 is 1.55 bits per heavy atom. The normalized spacial score (nSPS) is 11.9. The van der Waals surface area contributed by atoms with Gasteiger partial charge in [-0.2, -0.15) is 0 Å². The largest absolute Gasteiger partial charge is 0.297 e. The fourth-order valence-electron chi connectivity index (χ4n) is 2.06. The molecule has 118 valence electrons. The van der Waals surface area contributed by atoms with Crippen molar-refractivity contribution in [1.82, 2.24) is 0 Å². The van der Waals surface area contributed by atoms with E-state index in [1.54, 1.807) is 31.2 Å². The lowest BCUT2D eigenvalue weighted by molar-refractivity contribution is -0.131. The van der Waals surface area contributed by atoms with E-state index in [9.17, 15) is 14.4 Å². The van der Waals surface area contributed by atoms with Crippen molar-refractivity contribution in [2.45, 2.75) is 33.7 Å². The number of Topliss-reactive ketones (excluding diaryl/α,β-unsaturated/α-hetero) is 2. The SMILES string of the molecule is CC(=O)C(C(C)=O)N(C(=O)C(C)C(=S)Cl)c1ccc(C)cc1. The summed E-state index contributed by atoms with van der Waals surface area (Å²) in [6, 6.07) is 5.81. The van der Waals surface area contributed by atoms with Crippen LogP contribution in [0, 0.1) is 12.8 Å². The van der Waals surface area contributed by atoms with Gasteiger partial charge in [0.25, 0.3) is 0 Å². The average Bonchev–Trinajstić information content (AvgIpc) is 2.43. The van der Waals surface area contributed by atoms with Gasteiger partial charge in [0.2, 0.25) is 5.91 Å². The highest BCUT2D eigenvalue weighted by molar-refractivity contribution is 7.83. The molecule has 0 aliphatic heterocycles. The van der Waals surface area contributed by atoms with E-state index in [-0.39, 0.29) is 4.32 Å². The molecule has 0 saturated carbocycles. The first-order valence-electron chi connectivity index (χ1n) is 6.76. The van der Waals surface area contributed by atoms with Gasteiger partial charge in [-0.15, -0.1) is 0 Å². The van der Waals surface area contributed by atoms with Crippen LogP contribution in [0.15, 0.2) is 24.3 Å². The average molecular weight is 340 g/mol. The number of hydrogen-bond acceptors (Lipinski definition) is 4. The van der Waals surface area contributed by atoms with E-state index in [0.717, 1.165) is 5.56 Å². The van der Waals surface area contributed by atoms with Crippen molar-refractivity contribution < 1.29 is 14.4 Å². The number of carbonyl (C=O) groups excluding carboxylic acids is 3. The number of benzene rings is 1. The lowest BCUT2D eigenvalue weighted by atomic mass is 10.0. The minimum absolute atomic E-state index is 0.00651. The van der Waals surface area contributed by atoms with Crippen molar-refractivity contribution in [3.8, 4) is 0 Å². The zero-order valence-corrected chi connectivity index (χ0v) is 14.5. The Hall–Kier alpha value is -1.59. The summed E-state index contributed by atoms with van der Waals surface area (Å²) in [6.45, 7) is 6.02. The van der Waals surface area contributed by atoms with Crippen LogP contribution in [0.1, 0.15) is 26.3 Å². The Morgan fingerprint density at radius 3 is 1.91 bits per heavy atom. The third-order valence-electron chi connectivity index (χ3n) is 3.29. The molecule has 0 bridgehead atoms. The molecule has 0 aliphatic rings. The molecular weight excluding hydrogens is 322 g/mol. The van der Waals surface area contributed by atoms with Crippen LogP contribution in [-0.4, -0.2) is 27.8 Å². The van der Waals surface area contributed by atoms with Crippen LogP contribution in [0.25, 0.3) is 0 Å². The minimum atomic E-state index is -1.18. The zero-order valence-electron chi connectivity index (χ0n) is 12.9. The number of ketones is 2. The molecule has 0 fully saturated rings. The van der Waals surface area contributed by atoms with Gasteiger partial charge in [-0.05, 0) is 39.8 Å². The highest BCUT2D eigenvalue weighted by Crippen LogP contribution is 2.23. The van der Waals surface area contributed by atoms with E-state index in [1.165, 1.54) is 18.7 Å². The Labute approximate surface area is 140 Å². The summed E-state index contributed by atoms with van der Waals surface area (Å²) in [5.41, 5.74) is 1.46. The van der Waals surface area contributed by atoms with E-state index in [1.807, 2.05) is 6.92 Å². The van der Waals surface area contributed by atoms with Crippen LogP contribution in [-0.2, 0) is 14.4 Å². The molecule has 1 atom stereocenters. The van der Waals surface area contributed by atoms with Crippen molar-refractivity contribution in [1.29, 1.82) is 0 Å². The fraction of sp³-hybridized carbons (Fsp3) is 0.375. The number of thiocarbonyl (C=S) groups is 1. The Kier molecular flexibility index (Phi) is 6.38. The van der Waals surface area contributed by atoms with Gasteiger partial charge in [0.05, 0.1) is 10.2 Å². The topological polar surface area (TPSA) is 54.5 Å². The maximum Gasteiger partial charge on any atom is 0.237 e. The van der Waals surface area contributed by atoms with Crippen molar-refractivity contribution in [3.63, 3.8) is 0 Å². The summed E-state index contributed by atoms with van der Waals surface area (Å²) in [7, 11) is 0. The molecule has 1 aromatic rings. The predicted molar refractivity (Wildman–Crippen MR) is 91.4 cm³/mol. The smallest absolute Gasteiger partial charge is 0.237 e. The summed E-state index contributed by atoms with van der Waals surface area (Å²) in [5, 5.41) is 0. The highest BCUT2D eigenvalue weighted by Gasteiger charge is 2.35. The predicted octanol–water partition coefficient (Wildman–Crippen LogP) is 3.08. The van der Waals surface area contributed by atoms with Crippen molar-refractivity contribution in [2.24, 2.45) is 5.92 Å². The van der Waals surface area contributed by atoms with Gasteiger partial charge in [0, 0.05) is 5.69 Å². The standard InChI is InChI=1S/C16H18ClNO3S/c1-9-5-7-13(8-6-9)18(14(11(3)19)12(4)20)16(21)10(2)15(17)22/h5-8,10,14H,1-4H3. The molecule has 0 aliphatic carbocycles. The maximum atomic E-state index is 12.7. The zero-order chi connectivity index (χ0) is 17.0. The first-order chi connectivity index (χ1) is 10.2. The number of hydrogen-bond donors (Lipinski definition) is 0. The molecule has 22 heavy (non-hydrogen) atoms. The summed E-state index contributed by atoms with van der Waals surface area (Å²) in [4.78, 5) is 37.6. The first kappa shape index (κ1) is 18.5. The van der Waals surface area contributed by atoms with Crippen LogP contribution in [0.3, 0.4) is 0 Å². The van der Waals surface area contributed by atoms with E-state index in [2.05, 4.69) is 0 Å². The van der Waals surface area contributed by atoms with E-state index in [0.29, 0.717) is 5.69 Å². The lowest BCUT2D eigenvalue weighted by Crippen LogP contribution is -2.51. The number of aryl methyl sites for hydroxylation is 1. The molecule has 4 nitrogen and oxygen atoms in total. The van der Waals surface area contributed by atoms with Crippen LogP contribution in [0.2, 0.25) is 0 Å². The molecule has 0 saturated heterocycles. The van der Waals surface area contributed by atoms with Gasteiger partial charge < -0.3 is 0 Å². The monoisotopic (exact) mass is 339 g/mol. The second-order valence-electron chi connectivity index (χ2n) is 5.19. The van der Waals surface area contributed by atoms with Gasteiger partial charge in [0.1, 0.15) is 0 Å². The summed E-state index contributed by atoms with van der Waals surface area (Å²) in [6.07, 6.45) is 0. The Morgan fingerprint density at radius 1 is 1.09 bits per heavy atom. The van der Waals surface area contributed by atoms with Gasteiger partial charge in [-0.25, -0.2) is 0 Å². The molecule has 6 heteroatoms. The van der Waals surface area contributed by atoms with Gasteiger partial charge in [-0.3, -0.25) is 19.3 Å². The number of rotatable bonds is 6. The van der Waals surface area contributed by atoms with Crippen molar-refractivity contribution in [2.75, 3.05) is 4.90 Å². The molecule has 0 N–H and O–H groups in total. The van der Waals surface area contributed by atoms with Gasteiger partial charge >= 0.3 is 0 Å². The van der Waals surface area contributed by atoms with Crippen molar-refractivity contribution >= 4 is 51.3 Å². The first-order valence-corrected chi connectivity index (χ1v) is 7.55. The molecule has 0 radical (unpaired) electrons. The molecule has 1 aromatic carbocycles. The minimum Gasteiger partial charge on any atom is -0.297 e. The molecule has 0 spiro atoms. The van der Waals surface area contributed by atoms with Crippen LogP contribution < -0.4 is 4.90 Å². The van der Waals surface area contributed by atoms with Gasteiger partial charge in [-0.1, -0.05) is 41.5 Å². The van der Waals surface area contributed by atoms with E-state index in [4.69, 9.17) is 23.8 Å². The van der Waals surface area contributed by atoms with Gasteiger partial charge in [0.15, 0.2) is 17.6 Å². The molecular formula is C16H18ClNO3S. The molecule has 0 heterocycles. The third kappa shape index (κ3) is 4.21. The Bertz CT molecular complexity index is 598. The van der Waals surface area contributed by atoms with Crippen LogP contribution >= 0.6 is 23.8 Å². The van der Waals surface area contributed by atoms with Crippen LogP contribution in [0.5, 0.6) is 0 Å². The highest BCUT2D eigenvalue weighted by atomic mass is 35.5. The third-order valence-corrected chi connectivity index (χ3v) is 3.97. The second-order valence-corrected chi connectivity index (χ2v) is 6.26. The quantitative estimate of drug-likeness (QED) is 0.454. The number of amides is 1. The van der Waals surface area contributed by atoms with E-state index >= 15 is 0 Å². The number of nitrogens with zero attached hydrogens (tertiary/aromatic N) is 1. The summed E-state index contributed by atoms with van der Waals surface area (Å²) >= 11 is 10.6. The fourth-order valence-corrected chi connectivity index (χ4v) is 2.26. The molecule has 1 amide bonds.